The van der Waals surface area contributed by atoms with Crippen LogP contribution in [0.25, 0.3) is 0 Å². The number of aromatic nitrogens is 4. The molecule has 1 amide bonds. The second-order valence-electron chi connectivity index (χ2n) is 5.31. The van der Waals surface area contributed by atoms with Gasteiger partial charge in [0.25, 0.3) is 5.91 Å². The van der Waals surface area contributed by atoms with Crippen molar-refractivity contribution in [1.29, 1.82) is 0 Å². The minimum absolute atomic E-state index is 0.129. The number of carbonyl (C=O) groups is 1. The topological polar surface area (TPSA) is 74.8 Å². The first-order valence-electron chi connectivity index (χ1n) is 7.16. The van der Waals surface area contributed by atoms with Crippen LogP contribution in [0, 0.1) is 0 Å². The molecule has 0 saturated carbocycles. The number of nitrogens with zero attached hydrogens (tertiary/aromatic N) is 4. The quantitative estimate of drug-likeness (QED) is 0.921. The molecule has 0 bridgehead atoms. The average Bonchev–Trinajstić information content (AvgIpc) is 3.08. The molecular formula is C14H14F3N5O. The molecule has 1 aliphatic heterocycles. The van der Waals surface area contributed by atoms with Gasteiger partial charge in [-0.2, -0.15) is 18.3 Å². The van der Waals surface area contributed by atoms with E-state index in [1.54, 1.807) is 4.90 Å². The molecule has 0 aromatic carbocycles. The summed E-state index contributed by atoms with van der Waals surface area (Å²) in [4.78, 5) is 21.6. The zero-order chi connectivity index (χ0) is 16.4. The van der Waals surface area contributed by atoms with Crippen molar-refractivity contribution in [3.63, 3.8) is 0 Å². The van der Waals surface area contributed by atoms with Gasteiger partial charge in [-0.3, -0.25) is 14.9 Å². The van der Waals surface area contributed by atoms with Crippen LogP contribution in [0.2, 0.25) is 0 Å². The van der Waals surface area contributed by atoms with Crippen molar-refractivity contribution in [2.24, 2.45) is 0 Å². The molecule has 3 rings (SSSR count). The van der Waals surface area contributed by atoms with Gasteiger partial charge < -0.3 is 4.90 Å². The van der Waals surface area contributed by atoms with Crippen LogP contribution >= 0.6 is 0 Å². The Bertz CT molecular complexity index is 669. The minimum Gasteiger partial charge on any atom is -0.328 e. The number of pyridine rings is 1. The minimum atomic E-state index is -4.52. The lowest BCUT2D eigenvalue weighted by Gasteiger charge is -2.34. The number of amides is 1. The van der Waals surface area contributed by atoms with Gasteiger partial charge >= 0.3 is 6.18 Å². The highest BCUT2D eigenvalue weighted by Crippen LogP contribution is 2.31. The van der Waals surface area contributed by atoms with E-state index in [2.05, 4.69) is 20.2 Å². The first-order valence-corrected chi connectivity index (χ1v) is 7.16. The third-order valence-corrected chi connectivity index (χ3v) is 3.81. The Hall–Kier alpha value is -2.45. The van der Waals surface area contributed by atoms with E-state index in [1.807, 2.05) is 0 Å². The van der Waals surface area contributed by atoms with E-state index < -0.39 is 11.9 Å². The molecular weight excluding hydrogens is 311 g/mol. The Morgan fingerprint density at radius 3 is 2.70 bits per heavy atom. The van der Waals surface area contributed by atoms with Gasteiger partial charge in [0.2, 0.25) is 0 Å². The van der Waals surface area contributed by atoms with Crippen LogP contribution in [-0.4, -0.2) is 37.5 Å². The normalized spacial score (nSPS) is 18.9. The number of carbonyl (C=O) groups excluding carboxylic acids is 1. The Morgan fingerprint density at radius 2 is 2.09 bits per heavy atom. The van der Waals surface area contributed by atoms with Gasteiger partial charge in [-0.15, -0.1) is 0 Å². The highest BCUT2D eigenvalue weighted by molar-refractivity contribution is 5.94. The molecule has 2 aromatic rings. The van der Waals surface area contributed by atoms with Gasteiger partial charge in [-0.25, -0.2) is 4.98 Å². The largest absolute Gasteiger partial charge is 0.433 e. The highest BCUT2D eigenvalue weighted by atomic mass is 19.4. The van der Waals surface area contributed by atoms with Crippen molar-refractivity contribution in [3.05, 3.63) is 41.7 Å². The number of H-pyrrole nitrogens is 1. The van der Waals surface area contributed by atoms with Crippen LogP contribution in [0.3, 0.4) is 0 Å². The molecule has 6 nitrogen and oxygen atoms in total. The van der Waals surface area contributed by atoms with Crippen LogP contribution < -0.4 is 0 Å². The number of likely N-dealkylation sites (tertiary alicyclic amines) is 1. The second-order valence-corrected chi connectivity index (χ2v) is 5.31. The number of hydrogen-bond donors (Lipinski definition) is 1. The SMILES string of the molecule is O=C(c1ccc(C(F)(F)F)nc1)N1CCCC[C@@H]1c1ncn[nH]1. The number of halogens is 3. The first-order chi connectivity index (χ1) is 11.0. The van der Waals surface area contributed by atoms with Crippen molar-refractivity contribution in [3.8, 4) is 0 Å². The lowest BCUT2D eigenvalue weighted by atomic mass is 10.0. The highest BCUT2D eigenvalue weighted by Gasteiger charge is 2.34. The molecule has 0 unspecified atom stereocenters. The van der Waals surface area contributed by atoms with Gasteiger partial charge in [0.05, 0.1) is 11.6 Å². The fraction of sp³-hybridized carbons (Fsp3) is 0.429. The Kier molecular flexibility index (Phi) is 4.01. The van der Waals surface area contributed by atoms with Crippen molar-refractivity contribution in [1.82, 2.24) is 25.1 Å². The van der Waals surface area contributed by atoms with E-state index in [9.17, 15) is 18.0 Å². The van der Waals surface area contributed by atoms with E-state index in [4.69, 9.17) is 0 Å². The number of hydrogen-bond acceptors (Lipinski definition) is 4. The molecule has 23 heavy (non-hydrogen) atoms. The molecule has 0 spiro atoms. The summed E-state index contributed by atoms with van der Waals surface area (Å²) in [6, 6.07) is 1.73. The zero-order valence-electron chi connectivity index (χ0n) is 12.0. The molecule has 1 atom stereocenters. The monoisotopic (exact) mass is 325 g/mol. The molecule has 0 radical (unpaired) electrons. The number of nitrogens with one attached hydrogen (secondary N) is 1. The maximum absolute atomic E-state index is 12.6. The summed E-state index contributed by atoms with van der Waals surface area (Å²) in [5, 5.41) is 6.54. The molecule has 1 aliphatic rings. The summed E-state index contributed by atoms with van der Waals surface area (Å²) < 4.78 is 37.6. The maximum Gasteiger partial charge on any atom is 0.433 e. The van der Waals surface area contributed by atoms with Gasteiger partial charge in [-0.05, 0) is 31.4 Å². The van der Waals surface area contributed by atoms with Crippen LogP contribution in [0.4, 0.5) is 13.2 Å². The first kappa shape index (κ1) is 15.4. The molecule has 9 heteroatoms. The zero-order valence-corrected chi connectivity index (χ0v) is 12.0. The Labute approximate surface area is 129 Å². The Balaban J connectivity index is 1.83. The summed E-state index contributed by atoms with van der Waals surface area (Å²) in [6.45, 7) is 0.519. The van der Waals surface area contributed by atoms with E-state index >= 15 is 0 Å². The lowest BCUT2D eigenvalue weighted by Crippen LogP contribution is -2.39. The predicted molar refractivity (Wildman–Crippen MR) is 73.3 cm³/mol. The number of alkyl halides is 3. The summed E-state index contributed by atoms with van der Waals surface area (Å²) in [5.74, 6) is 0.227. The number of rotatable bonds is 2. The van der Waals surface area contributed by atoms with E-state index in [0.717, 1.165) is 37.6 Å². The van der Waals surface area contributed by atoms with Crippen molar-refractivity contribution in [2.75, 3.05) is 6.54 Å². The molecule has 0 aliphatic carbocycles. The third kappa shape index (κ3) is 3.17. The van der Waals surface area contributed by atoms with Gasteiger partial charge in [0.1, 0.15) is 17.8 Å². The van der Waals surface area contributed by atoms with E-state index in [-0.39, 0.29) is 17.5 Å². The van der Waals surface area contributed by atoms with Crippen molar-refractivity contribution >= 4 is 5.91 Å². The maximum atomic E-state index is 12.6. The van der Waals surface area contributed by atoms with Crippen LogP contribution in [0.5, 0.6) is 0 Å². The Morgan fingerprint density at radius 1 is 1.26 bits per heavy atom. The average molecular weight is 325 g/mol. The molecule has 122 valence electrons. The van der Waals surface area contributed by atoms with E-state index in [1.165, 1.54) is 6.33 Å². The van der Waals surface area contributed by atoms with Crippen LogP contribution in [0.1, 0.15) is 47.2 Å². The molecule has 2 aromatic heterocycles. The molecule has 1 N–H and O–H groups in total. The van der Waals surface area contributed by atoms with Crippen molar-refractivity contribution in [2.45, 2.75) is 31.5 Å². The molecule has 1 saturated heterocycles. The third-order valence-electron chi connectivity index (χ3n) is 3.81. The molecule has 3 heterocycles. The van der Waals surface area contributed by atoms with Crippen molar-refractivity contribution < 1.29 is 18.0 Å². The standard InChI is InChI=1S/C14H14F3N5O/c15-14(16,17)11-5-4-9(7-18-11)13(23)22-6-2-1-3-10(22)12-19-8-20-21-12/h4-5,7-8,10H,1-3,6H2,(H,19,20,21)/t10-/m1/s1. The smallest absolute Gasteiger partial charge is 0.328 e. The van der Waals surface area contributed by atoms with E-state index in [0.29, 0.717) is 12.4 Å². The second kappa shape index (κ2) is 5.98. The molecule has 1 fully saturated rings. The lowest BCUT2D eigenvalue weighted by molar-refractivity contribution is -0.141. The fourth-order valence-corrected chi connectivity index (χ4v) is 2.69. The fourth-order valence-electron chi connectivity index (χ4n) is 2.69. The summed E-state index contributed by atoms with van der Waals surface area (Å²) in [7, 11) is 0. The van der Waals surface area contributed by atoms with Crippen LogP contribution in [0.15, 0.2) is 24.7 Å². The van der Waals surface area contributed by atoms with Gasteiger partial charge in [0, 0.05) is 12.7 Å². The predicted octanol–water partition coefficient (Wildman–Crippen LogP) is 2.59. The summed E-state index contributed by atoms with van der Waals surface area (Å²) in [5.41, 5.74) is -0.885. The summed E-state index contributed by atoms with van der Waals surface area (Å²) >= 11 is 0. The van der Waals surface area contributed by atoms with Crippen LogP contribution in [-0.2, 0) is 6.18 Å². The van der Waals surface area contributed by atoms with Gasteiger partial charge in [-0.1, -0.05) is 0 Å². The number of aromatic amines is 1. The summed E-state index contributed by atoms with van der Waals surface area (Å²) in [6.07, 6.45) is 0.332. The number of piperidine rings is 1. The van der Waals surface area contributed by atoms with Gasteiger partial charge in [0.15, 0.2) is 0 Å².